The molecule has 1 aliphatic carbocycles. The number of hydrogen-bond acceptors (Lipinski definition) is 3. The minimum absolute atomic E-state index is 0.289. The molecule has 0 aliphatic heterocycles. The van der Waals surface area contributed by atoms with Crippen LogP contribution >= 0.6 is 11.8 Å². The average Bonchev–Trinajstić information content (AvgIpc) is 2.45. The molecule has 2 atom stereocenters. The maximum Gasteiger partial charge on any atom is 0.107 e. The number of nitriles is 1. The lowest BCUT2D eigenvalue weighted by Gasteiger charge is -2.35. The number of nitrogens with zero attached hydrogens (tertiary/aromatic N) is 1. The predicted molar refractivity (Wildman–Crippen MR) is 82.1 cm³/mol. The summed E-state index contributed by atoms with van der Waals surface area (Å²) in [5.74, 6) is 1.05. The first-order valence-corrected chi connectivity index (χ1v) is 8.00. The molecule has 0 aromatic heterocycles. The third-order valence-corrected chi connectivity index (χ3v) is 5.34. The van der Waals surface area contributed by atoms with E-state index in [4.69, 9.17) is 0 Å². The number of nitrogens with one attached hydrogen (secondary N) is 1. The molecule has 1 N–H and O–H groups in total. The van der Waals surface area contributed by atoms with Gasteiger partial charge in [0.15, 0.2) is 0 Å². The molecule has 2 nitrogen and oxygen atoms in total. The fraction of sp³-hybridized carbons (Fsp3) is 0.562. The van der Waals surface area contributed by atoms with Crippen LogP contribution in [0.25, 0.3) is 0 Å². The molecule has 1 aromatic carbocycles. The van der Waals surface area contributed by atoms with Gasteiger partial charge < -0.3 is 5.32 Å². The highest BCUT2D eigenvalue weighted by Gasteiger charge is 2.35. The van der Waals surface area contributed by atoms with E-state index >= 15 is 0 Å². The molecule has 102 valence electrons. The summed E-state index contributed by atoms with van der Waals surface area (Å²) in [7, 11) is 1.91. The number of thioether (sulfide) groups is 1. The Morgan fingerprint density at radius 2 is 2.37 bits per heavy atom. The van der Waals surface area contributed by atoms with E-state index in [-0.39, 0.29) is 5.54 Å². The smallest absolute Gasteiger partial charge is 0.107 e. The van der Waals surface area contributed by atoms with Crippen LogP contribution in [0.5, 0.6) is 0 Å². The van der Waals surface area contributed by atoms with Crippen LogP contribution in [0.4, 0.5) is 0 Å². The third kappa shape index (κ3) is 3.75. The summed E-state index contributed by atoms with van der Waals surface area (Å²) < 4.78 is 0. The molecular formula is C16H22N2S. The van der Waals surface area contributed by atoms with Gasteiger partial charge in [0, 0.05) is 11.0 Å². The molecule has 2 rings (SSSR count). The van der Waals surface area contributed by atoms with Crippen LogP contribution in [0.2, 0.25) is 0 Å². The van der Waals surface area contributed by atoms with Gasteiger partial charge in [-0.05, 0) is 45.2 Å². The molecule has 0 heterocycles. The van der Waals surface area contributed by atoms with E-state index in [1.54, 1.807) is 0 Å². The Labute approximate surface area is 120 Å². The standard InChI is InChI=1S/C16H22N2S/c1-13-5-3-6-14(9-13)11-19-15-7-4-8-16(10-15,12-17)18-2/h3,5-6,9,15,18H,4,7-8,10-11H2,1-2H3. The van der Waals surface area contributed by atoms with Crippen molar-refractivity contribution in [3.63, 3.8) is 0 Å². The first kappa shape index (κ1) is 14.4. The minimum Gasteiger partial charge on any atom is -0.302 e. The van der Waals surface area contributed by atoms with Gasteiger partial charge in [0.05, 0.1) is 6.07 Å². The highest BCUT2D eigenvalue weighted by Crippen LogP contribution is 2.35. The minimum atomic E-state index is -0.289. The maximum atomic E-state index is 9.36. The summed E-state index contributed by atoms with van der Waals surface area (Å²) in [5, 5.41) is 13.2. The topological polar surface area (TPSA) is 35.8 Å². The lowest BCUT2D eigenvalue weighted by Crippen LogP contribution is -2.46. The Morgan fingerprint density at radius 3 is 3.05 bits per heavy atom. The second-order valence-corrected chi connectivity index (χ2v) is 6.75. The van der Waals surface area contributed by atoms with Crippen molar-refractivity contribution >= 4 is 11.8 Å². The van der Waals surface area contributed by atoms with Crippen molar-refractivity contribution in [2.24, 2.45) is 0 Å². The average molecular weight is 274 g/mol. The zero-order valence-electron chi connectivity index (χ0n) is 11.8. The lowest BCUT2D eigenvalue weighted by molar-refractivity contribution is 0.323. The van der Waals surface area contributed by atoms with E-state index in [0.29, 0.717) is 5.25 Å². The molecule has 0 spiro atoms. The quantitative estimate of drug-likeness (QED) is 0.910. The maximum absolute atomic E-state index is 9.36. The number of benzene rings is 1. The molecule has 0 radical (unpaired) electrons. The molecule has 1 aromatic rings. The summed E-state index contributed by atoms with van der Waals surface area (Å²) in [6, 6.07) is 11.2. The Hall–Kier alpha value is -0.980. The first-order chi connectivity index (χ1) is 9.17. The van der Waals surface area contributed by atoms with Crippen LogP contribution in [-0.4, -0.2) is 17.8 Å². The number of hydrogen-bond donors (Lipinski definition) is 1. The van der Waals surface area contributed by atoms with Crippen LogP contribution in [-0.2, 0) is 5.75 Å². The Bertz CT molecular complexity index is 466. The van der Waals surface area contributed by atoms with Crippen molar-refractivity contribution in [3.05, 3.63) is 35.4 Å². The molecule has 1 saturated carbocycles. The second kappa shape index (κ2) is 6.45. The predicted octanol–water partition coefficient (Wildman–Crippen LogP) is 3.65. The number of aryl methyl sites for hydroxylation is 1. The molecule has 1 fully saturated rings. The van der Waals surface area contributed by atoms with E-state index in [9.17, 15) is 5.26 Å². The van der Waals surface area contributed by atoms with Crippen molar-refractivity contribution in [1.82, 2.24) is 5.32 Å². The van der Waals surface area contributed by atoms with E-state index in [1.807, 2.05) is 18.8 Å². The van der Waals surface area contributed by atoms with Gasteiger partial charge in [-0.3, -0.25) is 0 Å². The van der Waals surface area contributed by atoms with Gasteiger partial charge in [-0.15, -0.1) is 0 Å². The monoisotopic (exact) mass is 274 g/mol. The van der Waals surface area contributed by atoms with Crippen LogP contribution < -0.4 is 5.32 Å². The fourth-order valence-electron chi connectivity index (χ4n) is 2.77. The van der Waals surface area contributed by atoms with E-state index in [1.165, 1.54) is 17.5 Å². The van der Waals surface area contributed by atoms with Crippen molar-refractivity contribution in [2.45, 2.75) is 49.1 Å². The molecule has 19 heavy (non-hydrogen) atoms. The highest BCUT2D eigenvalue weighted by molar-refractivity contribution is 7.99. The zero-order chi connectivity index (χ0) is 13.7. The summed E-state index contributed by atoms with van der Waals surface area (Å²) >= 11 is 2.00. The second-order valence-electron chi connectivity index (χ2n) is 5.46. The van der Waals surface area contributed by atoms with Gasteiger partial charge in [-0.2, -0.15) is 17.0 Å². The van der Waals surface area contributed by atoms with Gasteiger partial charge in [-0.1, -0.05) is 29.8 Å². The summed E-state index contributed by atoms with van der Waals surface area (Å²) in [6.07, 6.45) is 4.35. The molecule has 1 aliphatic rings. The molecule has 0 bridgehead atoms. The Morgan fingerprint density at radius 1 is 1.53 bits per heavy atom. The van der Waals surface area contributed by atoms with Gasteiger partial charge in [0.2, 0.25) is 0 Å². The van der Waals surface area contributed by atoms with E-state index in [2.05, 4.69) is 42.6 Å². The van der Waals surface area contributed by atoms with Gasteiger partial charge in [0.25, 0.3) is 0 Å². The summed E-state index contributed by atoms with van der Waals surface area (Å²) in [4.78, 5) is 0. The van der Waals surface area contributed by atoms with E-state index < -0.39 is 0 Å². The van der Waals surface area contributed by atoms with Gasteiger partial charge in [-0.25, -0.2) is 0 Å². The summed E-state index contributed by atoms with van der Waals surface area (Å²) in [5.41, 5.74) is 2.42. The van der Waals surface area contributed by atoms with Crippen molar-refractivity contribution < 1.29 is 0 Å². The Balaban J connectivity index is 1.91. The summed E-state index contributed by atoms with van der Waals surface area (Å²) in [6.45, 7) is 2.14. The Kier molecular flexibility index (Phi) is 4.90. The van der Waals surface area contributed by atoms with Crippen molar-refractivity contribution in [1.29, 1.82) is 5.26 Å². The SMILES string of the molecule is CNC1(C#N)CCCC(SCc2cccc(C)c2)C1. The molecular weight excluding hydrogens is 252 g/mol. The van der Waals surface area contributed by atoms with Gasteiger partial charge in [0.1, 0.15) is 5.54 Å². The first-order valence-electron chi connectivity index (χ1n) is 6.95. The lowest BCUT2D eigenvalue weighted by atomic mass is 9.83. The highest BCUT2D eigenvalue weighted by atomic mass is 32.2. The zero-order valence-corrected chi connectivity index (χ0v) is 12.6. The van der Waals surface area contributed by atoms with Crippen molar-refractivity contribution in [3.8, 4) is 6.07 Å². The van der Waals surface area contributed by atoms with E-state index in [0.717, 1.165) is 25.0 Å². The fourth-order valence-corrected chi connectivity index (χ4v) is 4.11. The van der Waals surface area contributed by atoms with Crippen LogP contribution in [0.3, 0.4) is 0 Å². The molecule has 2 unspecified atom stereocenters. The van der Waals surface area contributed by atoms with Crippen LogP contribution in [0.15, 0.2) is 24.3 Å². The van der Waals surface area contributed by atoms with Crippen molar-refractivity contribution in [2.75, 3.05) is 7.05 Å². The normalized spacial score (nSPS) is 26.9. The third-order valence-electron chi connectivity index (χ3n) is 3.97. The van der Waals surface area contributed by atoms with Crippen LogP contribution in [0.1, 0.15) is 36.8 Å². The largest absolute Gasteiger partial charge is 0.302 e. The molecule has 0 saturated heterocycles. The number of rotatable bonds is 4. The molecule has 0 amide bonds. The van der Waals surface area contributed by atoms with Crippen LogP contribution in [0, 0.1) is 18.3 Å². The van der Waals surface area contributed by atoms with Gasteiger partial charge >= 0.3 is 0 Å². The molecule has 3 heteroatoms.